The van der Waals surface area contributed by atoms with Crippen LogP contribution in [-0.2, 0) is 11.4 Å². The van der Waals surface area contributed by atoms with Crippen molar-refractivity contribution in [1.29, 1.82) is 0 Å². The number of hydrogen-bond acceptors (Lipinski definition) is 4. The van der Waals surface area contributed by atoms with Gasteiger partial charge in [0.25, 0.3) is 11.1 Å². The molecule has 1 aliphatic rings. The molecule has 3 rings (SSSR count). The predicted octanol–water partition coefficient (Wildman–Crippen LogP) is 5.24. The highest BCUT2D eigenvalue weighted by Gasteiger charge is 2.37. The minimum absolute atomic E-state index is 0.109. The van der Waals surface area contributed by atoms with Crippen LogP contribution in [0.1, 0.15) is 31.4 Å². The minimum atomic E-state index is -0.294. The fourth-order valence-electron chi connectivity index (χ4n) is 2.65. The van der Waals surface area contributed by atoms with E-state index >= 15 is 0 Å². The maximum Gasteiger partial charge on any atom is 0.293 e. The van der Waals surface area contributed by atoms with Crippen molar-refractivity contribution in [3.8, 4) is 5.75 Å². The van der Waals surface area contributed by atoms with Crippen molar-refractivity contribution in [2.75, 3.05) is 0 Å². The van der Waals surface area contributed by atoms with E-state index in [1.807, 2.05) is 26.0 Å². The molecule has 2 amide bonds. The Balaban J connectivity index is 1.66. The molecule has 0 aliphatic carbocycles. The highest BCUT2D eigenvalue weighted by atomic mass is 32.2. The van der Waals surface area contributed by atoms with Crippen molar-refractivity contribution in [2.24, 2.45) is 0 Å². The molecule has 0 bridgehead atoms. The summed E-state index contributed by atoms with van der Waals surface area (Å²) in [7, 11) is 0. The largest absolute Gasteiger partial charge is 0.489 e. The van der Waals surface area contributed by atoms with Gasteiger partial charge in [-0.3, -0.25) is 14.5 Å². The van der Waals surface area contributed by atoms with Crippen LogP contribution in [0.15, 0.2) is 53.4 Å². The fourth-order valence-corrected chi connectivity index (χ4v) is 3.58. The third-order valence-corrected chi connectivity index (χ3v) is 5.21. The maximum absolute atomic E-state index is 13.2. The van der Waals surface area contributed by atoms with Gasteiger partial charge in [-0.2, -0.15) is 0 Å². The molecule has 2 aromatic rings. The molecule has 1 aliphatic heterocycles. The van der Waals surface area contributed by atoms with Gasteiger partial charge in [0.2, 0.25) is 0 Å². The molecular weight excluding hydrogens is 365 g/mol. The molecule has 140 valence electrons. The first kappa shape index (κ1) is 19.2. The van der Waals surface area contributed by atoms with Crippen molar-refractivity contribution < 1.29 is 18.7 Å². The van der Waals surface area contributed by atoms with Crippen molar-refractivity contribution in [2.45, 2.75) is 32.9 Å². The maximum atomic E-state index is 13.2. The van der Waals surface area contributed by atoms with Gasteiger partial charge in [0.1, 0.15) is 18.2 Å². The number of hydrogen-bond donors (Lipinski definition) is 0. The summed E-state index contributed by atoms with van der Waals surface area (Å²) in [6, 6.07) is 13.4. The van der Waals surface area contributed by atoms with Crippen molar-refractivity contribution >= 4 is 29.0 Å². The number of carbonyl (C=O) groups excluding carboxylic acids is 2. The quantitative estimate of drug-likeness (QED) is 0.638. The summed E-state index contributed by atoms with van der Waals surface area (Å²) >= 11 is 0.965. The van der Waals surface area contributed by atoms with Crippen molar-refractivity contribution in [3.05, 3.63) is 70.4 Å². The third-order valence-electron chi connectivity index (χ3n) is 4.33. The molecule has 2 aromatic carbocycles. The smallest absolute Gasteiger partial charge is 0.293 e. The Bertz CT molecular complexity index is 879. The monoisotopic (exact) mass is 385 g/mol. The average molecular weight is 385 g/mol. The molecule has 0 spiro atoms. The number of thioether (sulfide) groups is 1. The van der Waals surface area contributed by atoms with Gasteiger partial charge in [-0.1, -0.05) is 31.2 Å². The summed E-state index contributed by atoms with van der Waals surface area (Å²) in [4.78, 5) is 26.2. The minimum Gasteiger partial charge on any atom is -0.489 e. The Morgan fingerprint density at radius 3 is 2.59 bits per heavy atom. The van der Waals surface area contributed by atoms with Crippen LogP contribution in [0.2, 0.25) is 0 Å². The molecule has 1 fully saturated rings. The summed E-state index contributed by atoms with van der Waals surface area (Å²) < 4.78 is 18.8. The van der Waals surface area contributed by atoms with Gasteiger partial charge in [0, 0.05) is 6.04 Å². The van der Waals surface area contributed by atoms with Crippen LogP contribution in [0.5, 0.6) is 5.75 Å². The lowest BCUT2D eigenvalue weighted by molar-refractivity contribution is -0.124. The van der Waals surface area contributed by atoms with Crippen LogP contribution in [0.25, 0.3) is 6.08 Å². The van der Waals surface area contributed by atoms with E-state index in [9.17, 15) is 14.0 Å². The van der Waals surface area contributed by atoms with E-state index in [4.69, 9.17) is 4.74 Å². The number of rotatable bonds is 6. The summed E-state index contributed by atoms with van der Waals surface area (Å²) in [6.07, 6.45) is 2.44. The summed E-state index contributed by atoms with van der Waals surface area (Å²) in [5, 5.41) is -0.226. The number of halogens is 1. The second kappa shape index (κ2) is 8.39. The van der Waals surface area contributed by atoms with Gasteiger partial charge < -0.3 is 4.74 Å². The first-order chi connectivity index (χ1) is 13.0. The van der Waals surface area contributed by atoms with Gasteiger partial charge in [-0.05, 0) is 66.6 Å². The van der Waals surface area contributed by atoms with Crippen LogP contribution < -0.4 is 4.74 Å². The molecule has 0 saturated carbocycles. The number of benzene rings is 2. The van der Waals surface area contributed by atoms with E-state index in [-0.39, 0.29) is 29.6 Å². The Labute approximate surface area is 162 Å². The number of amides is 2. The van der Waals surface area contributed by atoms with Gasteiger partial charge in [0.15, 0.2) is 0 Å². The lowest BCUT2D eigenvalue weighted by Crippen LogP contribution is -2.36. The molecule has 1 saturated heterocycles. The average Bonchev–Trinajstić information content (AvgIpc) is 2.94. The van der Waals surface area contributed by atoms with Crippen LogP contribution in [-0.4, -0.2) is 22.1 Å². The molecule has 0 N–H and O–H groups in total. The van der Waals surface area contributed by atoms with Crippen LogP contribution >= 0.6 is 11.8 Å². The van der Waals surface area contributed by atoms with Gasteiger partial charge in [-0.15, -0.1) is 0 Å². The zero-order valence-corrected chi connectivity index (χ0v) is 16.0. The van der Waals surface area contributed by atoms with E-state index in [1.54, 1.807) is 30.3 Å². The molecule has 6 heteroatoms. The second-order valence-electron chi connectivity index (χ2n) is 6.30. The summed E-state index contributed by atoms with van der Waals surface area (Å²) in [5.41, 5.74) is 1.56. The van der Waals surface area contributed by atoms with Crippen molar-refractivity contribution in [3.63, 3.8) is 0 Å². The Kier molecular flexibility index (Phi) is 5.96. The molecule has 0 radical (unpaired) electrons. The number of nitrogens with zero attached hydrogens (tertiary/aromatic N) is 1. The second-order valence-corrected chi connectivity index (χ2v) is 7.29. The standard InChI is InChI=1S/C21H20FNO3S/c1-3-14(2)23-20(24)19(27-21(23)25)12-15-7-9-18(10-8-15)26-13-16-5-4-6-17(22)11-16/h4-12,14H,3,13H2,1-2H3/b19-12+/t14-/m0/s1. The normalized spacial score (nSPS) is 16.9. The lowest BCUT2D eigenvalue weighted by Gasteiger charge is -2.19. The zero-order chi connectivity index (χ0) is 19.4. The number of imide groups is 1. The van der Waals surface area contributed by atoms with E-state index < -0.39 is 0 Å². The van der Waals surface area contributed by atoms with E-state index in [0.29, 0.717) is 10.7 Å². The SMILES string of the molecule is CC[C@H](C)N1C(=O)S/C(=C/c2ccc(OCc3cccc(F)c3)cc2)C1=O. The van der Waals surface area contributed by atoms with E-state index in [1.165, 1.54) is 17.0 Å². The Hall–Kier alpha value is -2.60. The Morgan fingerprint density at radius 2 is 1.93 bits per heavy atom. The molecule has 1 heterocycles. The first-order valence-corrected chi connectivity index (χ1v) is 9.54. The highest BCUT2D eigenvalue weighted by molar-refractivity contribution is 8.18. The highest BCUT2D eigenvalue weighted by Crippen LogP contribution is 2.34. The zero-order valence-electron chi connectivity index (χ0n) is 15.1. The van der Waals surface area contributed by atoms with Gasteiger partial charge in [-0.25, -0.2) is 4.39 Å². The Morgan fingerprint density at radius 1 is 1.19 bits per heavy atom. The molecule has 27 heavy (non-hydrogen) atoms. The fraction of sp³-hybridized carbons (Fsp3) is 0.238. The summed E-state index contributed by atoms with van der Waals surface area (Å²) in [5.74, 6) is 0.104. The number of carbonyl (C=O) groups is 2. The molecular formula is C21H20FNO3S. The molecule has 0 unspecified atom stereocenters. The van der Waals surface area contributed by atoms with Crippen LogP contribution in [0, 0.1) is 5.82 Å². The number of ether oxygens (including phenoxy) is 1. The predicted molar refractivity (Wildman–Crippen MR) is 105 cm³/mol. The van der Waals surface area contributed by atoms with Gasteiger partial charge in [0.05, 0.1) is 4.91 Å². The first-order valence-electron chi connectivity index (χ1n) is 8.72. The van der Waals surface area contributed by atoms with E-state index in [2.05, 4.69) is 0 Å². The van der Waals surface area contributed by atoms with Crippen molar-refractivity contribution in [1.82, 2.24) is 4.90 Å². The summed E-state index contributed by atoms with van der Waals surface area (Å²) in [6.45, 7) is 4.08. The molecule has 0 aromatic heterocycles. The molecule has 1 atom stereocenters. The molecule has 4 nitrogen and oxygen atoms in total. The van der Waals surface area contributed by atoms with Crippen LogP contribution in [0.3, 0.4) is 0 Å². The van der Waals surface area contributed by atoms with Gasteiger partial charge >= 0.3 is 0 Å². The topological polar surface area (TPSA) is 46.6 Å². The third kappa shape index (κ3) is 4.57. The van der Waals surface area contributed by atoms with Crippen LogP contribution in [0.4, 0.5) is 9.18 Å². The lowest BCUT2D eigenvalue weighted by atomic mass is 10.2. The van der Waals surface area contributed by atoms with E-state index in [0.717, 1.165) is 29.3 Å².